The summed E-state index contributed by atoms with van der Waals surface area (Å²) < 4.78 is 2.44. The average Bonchev–Trinajstić information content (AvgIpc) is 3.12. The van der Waals surface area contributed by atoms with Gasteiger partial charge in [0.25, 0.3) is 0 Å². The molecule has 0 N–H and O–H groups in total. The average molecular weight is 317 g/mol. The molecular formula is C16H23N5S. The number of thiophene rings is 1. The summed E-state index contributed by atoms with van der Waals surface area (Å²) in [5.41, 5.74) is 0.196. The van der Waals surface area contributed by atoms with Crippen molar-refractivity contribution in [2.75, 3.05) is 26.7 Å². The van der Waals surface area contributed by atoms with Gasteiger partial charge in [-0.15, -0.1) is 21.5 Å². The third kappa shape index (κ3) is 2.39. The lowest BCUT2D eigenvalue weighted by molar-refractivity contribution is 0.0466. The molecule has 1 fully saturated rings. The van der Waals surface area contributed by atoms with Crippen molar-refractivity contribution in [3.8, 4) is 0 Å². The third-order valence-corrected chi connectivity index (χ3v) is 5.95. The number of nitrogens with zero attached hydrogens (tertiary/aromatic N) is 5. The standard InChI is InChI=1S/C16H23N5S/c1-13-17-18-15-11-19(2)12-16(21(13)15)5-7-20(8-6-16)10-14-4-3-9-22-14/h3-4,9H,5-8,10-12H2,1-2H3. The van der Waals surface area contributed by atoms with Crippen LogP contribution in [-0.4, -0.2) is 51.2 Å². The number of aromatic nitrogens is 3. The summed E-state index contributed by atoms with van der Waals surface area (Å²) in [6, 6.07) is 4.39. The molecule has 5 nitrogen and oxygen atoms in total. The number of hydrogen-bond donors (Lipinski definition) is 0. The van der Waals surface area contributed by atoms with Gasteiger partial charge in [0.2, 0.25) is 0 Å². The van der Waals surface area contributed by atoms with Crippen molar-refractivity contribution < 1.29 is 0 Å². The van der Waals surface area contributed by atoms with Gasteiger partial charge < -0.3 is 4.57 Å². The van der Waals surface area contributed by atoms with Crippen LogP contribution in [0.2, 0.25) is 0 Å². The Labute approximate surface area is 135 Å². The Bertz CT molecular complexity index is 640. The van der Waals surface area contributed by atoms with Crippen LogP contribution in [0.3, 0.4) is 0 Å². The minimum atomic E-state index is 0.196. The van der Waals surface area contributed by atoms with Crippen molar-refractivity contribution in [1.82, 2.24) is 24.6 Å². The maximum absolute atomic E-state index is 4.40. The van der Waals surface area contributed by atoms with Crippen LogP contribution >= 0.6 is 11.3 Å². The second-order valence-corrected chi connectivity index (χ2v) is 7.78. The molecule has 2 aromatic rings. The molecule has 0 aromatic carbocycles. The Kier molecular flexibility index (Phi) is 3.55. The zero-order valence-electron chi connectivity index (χ0n) is 13.3. The van der Waals surface area contributed by atoms with Gasteiger partial charge in [-0.1, -0.05) is 6.07 Å². The largest absolute Gasteiger partial charge is 0.306 e. The Hall–Kier alpha value is -1.24. The van der Waals surface area contributed by atoms with Gasteiger partial charge in [-0.05, 0) is 38.3 Å². The minimum absolute atomic E-state index is 0.196. The van der Waals surface area contributed by atoms with Crippen molar-refractivity contribution in [1.29, 1.82) is 0 Å². The first-order valence-electron chi connectivity index (χ1n) is 8.01. The molecule has 0 unspecified atom stereocenters. The van der Waals surface area contributed by atoms with Crippen molar-refractivity contribution in [3.05, 3.63) is 34.0 Å². The molecule has 0 radical (unpaired) electrons. The van der Waals surface area contributed by atoms with E-state index in [0.717, 1.165) is 44.4 Å². The van der Waals surface area contributed by atoms with Crippen LogP contribution in [0.15, 0.2) is 17.5 Å². The molecular weight excluding hydrogens is 294 g/mol. The minimum Gasteiger partial charge on any atom is -0.306 e. The number of aryl methyl sites for hydroxylation is 1. The lowest BCUT2D eigenvalue weighted by Crippen LogP contribution is -2.55. The van der Waals surface area contributed by atoms with Crippen LogP contribution in [0.25, 0.3) is 0 Å². The first-order chi connectivity index (χ1) is 10.7. The van der Waals surface area contributed by atoms with Crippen LogP contribution in [-0.2, 0) is 18.6 Å². The number of piperidine rings is 1. The van der Waals surface area contributed by atoms with Gasteiger partial charge in [-0.2, -0.15) is 0 Å². The molecule has 1 saturated heterocycles. The fraction of sp³-hybridized carbons (Fsp3) is 0.625. The second kappa shape index (κ2) is 5.44. The summed E-state index contributed by atoms with van der Waals surface area (Å²) >= 11 is 1.86. The first-order valence-corrected chi connectivity index (χ1v) is 8.89. The highest BCUT2D eigenvalue weighted by Crippen LogP contribution is 2.36. The van der Waals surface area contributed by atoms with Crippen molar-refractivity contribution in [3.63, 3.8) is 0 Å². The number of rotatable bonds is 2. The molecule has 2 aliphatic rings. The molecule has 2 aliphatic heterocycles. The van der Waals surface area contributed by atoms with E-state index < -0.39 is 0 Å². The number of likely N-dealkylation sites (N-methyl/N-ethyl adjacent to an activating group) is 1. The van der Waals surface area contributed by atoms with Gasteiger partial charge in [0.15, 0.2) is 0 Å². The smallest absolute Gasteiger partial charge is 0.147 e. The summed E-state index contributed by atoms with van der Waals surface area (Å²) in [4.78, 5) is 6.46. The van der Waals surface area contributed by atoms with Crippen molar-refractivity contribution >= 4 is 11.3 Å². The zero-order chi connectivity index (χ0) is 15.2. The second-order valence-electron chi connectivity index (χ2n) is 6.75. The summed E-state index contributed by atoms with van der Waals surface area (Å²) in [6.07, 6.45) is 2.38. The quantitative estimate of drug-likeness (QED) is 0.850. The molecule has 6 heteroatoms. The van der Waals surface area contributed by atoms with E-state index in [9.17, 15) is 0 Å². The van der Waals surface area contributed by atoms with Crippen molar-refractivity contribution in [2.24, 2.45) is 0 Å². The summed E-state index contributed by atoms with van der Waals surface area (Å²) in [5, 5.41) is 10.9. The van der Waals surface area contributed by atoms with Crippen LogP contribution in [0.1, 0.15) is 29.4 Å². The molecule has 0 atom stereocenters. The topological polar surface area (TPSA) is 37.2 Å². The van der Waals surface area contributed by atoms with E-state index in [4.69, 9.17) is 0 Å². The molecule has 4 rings (SSSR count). The molecule has 0 amide bonds. The molecule has 0 saturated carbocycles. The fourth-order valence-electron chi connectivity index (χ4n) is 4.13. The third-order valence-electron chi connectivity index (χ3n) is 5.09. The summed E-state index contributed by atoms with van der Waals surface area (Å²) in [6.45, 7) is 7.54. The molecule has 0 aliphatic carbocycles. The normalized spacial score (nSPS) is 22.1. The van der Waals surface area contributed by atoms with E-state index in [1.54, 1.807) is 0 Å². The molecule has 0 bridgehead atoms. The zero-order valence-corrected chi connectivity index (χ0v) is 14.1. The Morgan fingerprint density at radius 3 is 2.82 bits per heavy atom. The van der Waals surface area contributed by atoms with Crippen LogP contribution in [0, 0.1) is 6.92 Å². The number of likely N-dealkylation sites (tertiary alicyclic amines) is 1. The summed E-state index contributed by atoms with van der Waals surface area (Å²) in [5.74, 6) is 2.22. The predicted octanol–water partition coefficient (Wildman–Crippen LogP) is 2.08. The van der Waals surface area contributed by atoms with Gasteiger partial charge in [-0.25, -0.2) is 0 Å². The van der Waals surface area contributed by atoms with E-state index in [1.165, 1.54) is 17.7 Å². The lowest BCUT2D eigenvalue weighted by Gasteiger charge is -2.48. The summed E-state index contributed by atoms with van der Waals surface area (Å²) in [7, 11) is 2.20. The van der Waals surface area contributed by atoms with Gasteiger partial charge in [0.05, 0.1) is 12.1 Å². The predicted molar refractivity (Wildman–Crippen MR) is 87.9 cm³/mol. The lowest BCUT2D eigenvalue weighted by atomic mass is 9.84. The van der Waals surface area contributed by atoms with E-state index in [2.05, 4.69) is 56.0 Å². The van der Waals surface area contributed by atoms with Gasteiger partial charge in [0, 0.05) is 31.1 Å². The van der Waals surface area contributed by atoms with E-state index in [1.807, 2.05) is 11.3 Å². The maximum Gasteiger partial charge on any atom is 0.147 e. The van der Waals surface area contributed by atoms with Crippen molar-refractivity contribution in [2.45, 2.75) is 38.4 Å². The highest BCUT2D eigenvalue weighted by atomic mass is 32.1. The van der Waals surface area contributed by atoms with Crippen LogP contribution in [0.4, 0.5) is 0 Å². The molecule has 1 spiro atoms. The van der Waals surface area contributed by atoms with Gasteiger partial charge in [-0.3, -0.25) is 9.80 Å². The first kappa shape index (κ1) is 14.4. The number of hydrogen-bond acceptors (Lipinski definition) is 5. The van der Waals surface area contributed by atoms with E-state index in [-0.39, 0.29) is 5.54 Å². The monoisotopic (exact) mass is 317 g/mol. The molecule has 2 aromatic heterocycles. The van der Waals surface area contributed by atoms with E-state index >= 15 is 0 Å². The molecule has 22 heavy (non-hydrogen) atoms. The van der Waals surface area contributed by atoms with Crippen LogP contribution in [0.5, 0.6) is 0 Å². The maximum atomic E-state index is 4.40. The molecule has 4 heterocycles. The van der Waals surface area contributed by atoms with Gasteiger partial charge in [0.1, 0.15) is 11.6 Å². The Balaban J connectivity index is 1.53. The highest BCUT2D eigenvalue weighted by molar-refractivity contribution is 7.09. The fourth-order valence-corrected chi connectivity index (χ4v) is 4.87. The van der Waals surface area contributed by atoms with Crippen LogP contribution < -0.4 is 0 Å². The highest BCUT2D eigenvalue weighted by Gasteiger charge is 2.42. The Morgan fingerprint density at radius 2 is 2.09 bits per heavy atom. The van der Waals surface area contributed by atoms with E-state index in [0.29, 0.717) is 0 Å². The van der Waals surface area contributed by atoms with Gasteiger partial charge >= 0.3 is 0 Å². The number of fused-ring (bicyclic) bond motifs is 2. The Morgan fingerprint density at radius 1 is 1.27 bits per heavy atom. The molecule has 118 valence electrons. The SMILES string of the molecule is Cc1nnc2n1C1(CCN(Cc3cccs3)CC1)CN(C)C2.